The molecule has 4 N–H and O–H groups in total. The Hall–Kier alpha value is -6.17. The number of aromatic nitrogens is 1. The van der Waals surface area contributed by atoms with Crippen molar-refractivity contribution in [1.82, 2.24) is 14.4 Å². The zero-order valence-electron chi connectivity index (χ0n) is 33.7. The van der Waals surface area contributed by atoms with Crippen LogP contribution in [0, 0.1) is 11.6 Å². The molecule has 6 rings (SSSR count). The molecule has 1 fully saturated rings. The molecular formula is C45H46F5N3O9. The fourth-order valence-corrected chi connectivity index (χ4v) is 6.91. The first-order valence-electron chi connectivity index (χ1n) is 19.7. The number of piperidine rings is 1. The number of likely N-dealkylation sites (tertiary alicyclic amines) is 1. The standard InChI is InChI=1S/C41H40F5N3O3.C4H6O6/c1-47(26-28-8-10-29(11-9-28)30-12-15-32(16-13-30)41(44,45)46)39(51)27-49-33(17-14-31-6-5-7-36(42)40(31)43)24-38(50)35-19-18-34(25-37(35)49)52-23-22-48-20-3-2-4-21-48;5-1(3(7)8)2(6)4(9)10/h5-13,15-16,18-19,24-25H,2-4,14,17,20-23,26-27H2,1H3;1-2,5-6H,(H,7,8)(H,9,10). The average Bonchev–Trinajstić information content (AvgIpc) is 3.25. The molecule has 62 heavy (non-hydrogen) atoms. The van der Waals surface area contributed by atoms with Crippen LogP contribution in [0.25, 0.3) is 22.0 Å². The molecule has 1 aliphatic heterocycles. The minimum atomic E-state index is -4.41. The topological polar surface area (TPSA) is 170 Å². The van der Waals surface area contributed by atoms with Gasteiger partial charge in [0.2, 0.25) is 5.91 Å². The molecule has 0 aliphatic carbocycles. The van der Waals surface area contributed by atoms with Gasteiger partial charge >= 0.3 is 18.1 Å². The van der Waals surface area contributed by atoms with Crippen molar-refractivity contribution in [2.24, 2.45) is 0 Å². The summed E-state index contributed by atoms with van der Waals surface area (Å²) in [7, 11) is 1.66. The number of alkyl halides is 3. The first kappa shape index (κ1) is 46.9. The van der Waals surface area contributed by atoms with E-state index >= 15 is 0 Å². The van der Waals surface area contributed by atoms with Gasteiger partial charge in [-0.3, -0.25) is 14.5 Å². The van der Waals surface area contributed by atoms with E-state index in [2.05, 4.69) is 4.90 Å². The van der Waals surface area contributed by atoms with Crippen molar-refractivity contribution in [3.05, 3.63) is 135 Å². The van der Waals surface area contributed by atoms with E-state index in [4.69, 9.17) is 25.2 Å². The predicted octanol–water partition coefficient (Wildman–Crippen LogP) is 6.15. The number of amides is 1. The maximum absolute atomic E-state index is 14.6. The van der Waals surface area contributed by atoms with Crippen LogP contribution in [0.2, 0.25) is 0 Å². The van der Waals surface area contributed by atoms with Crippen molar-refractivity contribution in [3.63, 3.8) is 0 Å². The molecule has 2 atom stereocenters. The Labute approximate surface area is 353 Å². The first-order chi connectivity index (χ1) is 29.4. The summed E-state index contributed by atoms with van der Waals surface area (Å²) in [4.78, 5) is 50.6. The van der Waals surface area contributed by atoms with Gasteiger partial charge in [0.1, 0.15) is 18.9 Å². The maximum atomic E-state index is 14.6. The fraction of sp³-hybridized carbons (Fsp3) is 0.333. The summed E-state index contributed by atoms with van der Waals surface area (Å²) in [6.45, 7) is 3.43. The Bertz CT molecular complexity index is 2380. The highest BCUT2D eigenvalue weighted by Crippen LogP contribution is 2.31. The number of ether oxygens (including phenoxy) is 1. The van der Waals surface area contributed by atoms with Crippen LogP contribution >= 0.6 is 0 Å². The lowest BCUT2D eigenvalue weighted by Gasteiger charge is -2.26. The summed E-state index contributed by atoms with van der Waals surface area (Å²) in [6.07, 6.45) is -5.09. The second-order valence-electron chi connectivity index (χ2n) is 14.8. The lowest BCUT2D eigenvalue weighted by molar-refractivity contribution is -0.165. The van der Waals surface area contributed by atoms with E-state index in [0.29, 0.717) is 34.5 Å². The minimum Gasteiger partial charge on any atom is -0.492 e. The number of aryl methyl sites for hydroxylation is 2. The number of carbonyl (C=O) groups is 3. The molecule has 0 bridgehead atoms. The van der Waals surface area contributed by atoms with Crippen molar-refractivity contribution in [2.45, 2.75) is 63.6 Å². The van der Waals surface area contributed by atoms with Crippen molar-refractivity contribution in [3.8, 4) is 16.9 Å². The van der Waals surface area contributed by atoms with E-state index in [1.54, 1.807) is 46.8 Å². The molecule has 5 aromatic rings. The van der Waals surface area contributed by atoms with E-state index in [1.165, 1.54) is 49.6 Å². The summed E-state index contributed by atoms with van der Waals surface area (Å²) < 4.78 is 75.4. The van der Waals surface area contributed by atoms with Crippen molar-refractivity contribution >= 4 is 28.7 Å². The molecule has 2 heterocycles. The number of hydrogen-bond acceptors (Lipinski definition) is 8. The van der Waals surface area contributed by atoms with Crippen LogP contribution in [-0.2, 0) is 46.5 Å². The van der Waals surface area contributed by atoms with Crippen molar-refractivity contribution in [1.29, 1.82) is 0 Å². The van der Waals surface area contributed by atoms with Gasteiger partial charge in [-0.15, -0.1) is 0 Å². The van der Waals surface area contributed by atoms with Gasteiger partial charge < -0.3 is 34.6 Å². The third-order valence-electron chi connectivity index (χ3n) is 10.4. The highest BCUT2D eigenvalue weighted by molar-refractivity contribution is 5.84. The summed E-state index contributed by atoms with van der Waals surface area (Å²) in [6, 6.07) is 22.8. The van der Waals surface area contributed by atoms with Crippen LogP contribution in [0.5, 0.6) is 5.75 Å². The van der Waals surface area contributed by atoms with E-state index in [-0.39, 0.29) is 42.8 Å². The number of fused-ring (bicyclic) bond motifs is 1. The zero-order chi connectivity index (χ0) is 45.1. The normalized spacial score (nSPS) is 14.1. The molecule has 1 amide bonds. The lowest BCUT2D eigenvalue weighted by atomic mass is 10.0. The minimum absolute atomic E-state index is 0.107. The highest BCUT2D eigenvalue weighted by Gasteiger charge is 2.30. The van der Waals surface area contributed by atoms with Gasteiger partial charge in [0.25, 0.3) is 0 Å². The van der Waals surface area contributed by atoms with Gasteiger partial charge in [-0.1, -0.05) is 55.0 Å². The number of benzene rings is 4. The highest BCUT2D eigenvalue weighted by atomic mass is 19.4. The summed E-state index contributed by atoms with van der Waals surface area (Å²) in [5.41, 5.74) is 2.36. The molecule has 0 saturated carbocycles. The van der Waals surface area contributed by atoms with Crippen molar-refractivity contribution < 1.29 is 61.5 Å². The zero-order valence-corrected chi connectivity index (χ0v) is 33.7. The number of likely N-dealkylation sites (N-methyl/N-ethyl adjacent to an activating group) is 1. The summed E-state index contributed by atoms with van der Waals surface area (Å²) >= 11 is 0. The predicted molar refractivity (Wildman–Crippen MR) is 218 cm³/mol. The SMILES string of the molecule is CN(Cc1ccc(-c2ccc(C(F)(F)F)cc2)cc1)C(=O)Cn1c(CCc2cccc(F)c2F)cc(=O)c2ccc(OCCN3CCCCC3)cc21.O=C(O)C(O)C(O)C(=O)O. The molecule has 330 valence electrons. The van der Waals surface area contributed by atoms with Crippen LogP contribution in [0.3, 0.4) is 0 Å². The molecule has 1 aliphatic rings. The molecule has 12 nitrogen and oxygen atoms in total. The van der Waals surface area contributed by atoms with Crippen LogP contribution in [0.15, 0.2) is 95.8 Å². The Morgan fingerprint density at radius 3 is 2.02 bits per heavy atom. The van der Waals surface area contributed by atoms with E-state index in [1.807, 2.05) is 12.1 Å². The monoisotopic (exact) mass is 867 g/mol. The lowest BCUT2D eigenvalue weighted by Crippen LogP contribution is -2.39. The van der Waals surface area contributed by atoms with Crippen LogP contribution in [0.1, 0.15) is 41.6 Å². The molecular weight excluding hydrogens is 821 g/mol. The maximum Gasteiger partial charge on any atom is 0.416 e. The van der Waals surface area contributed by atoms with E-state index < -0.39 is 47.5 Å². The van der Waals surface area contributed by atoms with Gasteiger partial charge in [0.05, 0.1) is 11.1 Å². The molecule has 1 aromatic heterocycles. The number of aliphatic carboxylic acids is 2. The quantitative estimate of drug-likeness (QED) is 0.0896. The molecule has 0 spiro atoms. The van der Waals surface area contributed by atoms with Crippen LogP contribution in [0.4, 0.5) is 22.0 Å². The van der Waals surface area contributed by atoms with Crippen molar-refractivity contribution in [2.75, 3.05) is 33.3 Å². The van der Waals surface area contributed by atoms with Gasteiger partial charge in [0, 0.05) is 43.4 Å². The molecule has 4 aromatic carbocycles. The average molecular weight is 868 g/mol. The molecule has 1 saturated heterocycles. The molecule has 17 heteroatoms. The number of pyridine rings is 1. The Morgan fingerprint density at radius 2 is 1.42 bits per heavy atom. The largest absolute Gasteiger partial charge is 0.492 e. The number of carboxylic acids is 2. The van der Waals surface area contributed by atoms with Gasteiger partial charge in [0.15, 0.2) is 29.3 Å². The third-order valence-corrected chi connectivity index (χ3v) is 10.4. The number of rotatable bonds is 15. The van der Waals surface area contributed by atoms with Gasteiger partial charge in [-0.25, -0.2) is 18.4 Å². The van der Waals surface area contributed by atoms with E-state index in [9.17, 15) is 41.1 Å². The second kappa shape index (κ2) is 21.1. The van der Waals surface area contributed by atoms with Crippen LogP contribution in [-0.4, -0.2) is 98.1 Å². The smallest absolute Gasteiger partial charge is 0.416 e. The summed E-state index contributed by atoms with van der Waals surface area (Å²) in [5, 5.41) is 32.9. The number of nitrogens with zero attached hydrogens (tertiary/aromatic N) is 3. The third kappa shape index (κ3) is 12.5. The number of aliphatic hydroxyl groups excluding tert-OH is 2. The molecule has 0 radical (unpaired) electrons. The second-order valence-corrected chi connectivity index (χ2v) is 14.8. The Kier molecular flexibility index (Phi) is 15.9. The number of halogens is 5. The first-order valence-corrected chi connectivity index (χ1v) is 19.7. The van der Waals surface area contributed by atoms with Crippen LogP contribution < -0.4 is 10.2 Å². The van der Waals surface area contributed by atoms with Gasteiger partial charge in [-0.05, 0) is 91.4 Å². The van der Waals surface area contributed by atoms with Gasteiger partial charge in [-0.2, -0.15) is 13.2 Å². The Morgan fingerprint density at radius 1 is 0.806 bits per heavy atom. The number of carboxylic acid groups (broad SMARTS) is 2. The van der Waals surface area contributed by atoms with E-state index in [0.717, 1.165) is 49.0 Å². The summed E-state index contributed by atoms with van der Waals surface area (Å²) in [5.74, 6) is -5.14. The number of aliphatic hydroxyl groups is 2. The number of hydrogen-bond donors (Lipinski definition) is 4. The number of carbonyl (C=O) groups excluding carboxylic acids is 1. The molecule has 2 unspecified atom stereocenters. The fourth-order valence-electron chi connectivity index (χ4n) is 6.91. The Balaban J connectivity index is 0.000000646.